The first-order valence-electron chi connectivity index (χ1n) is 1.85. The zero-order valence-corrected chi connectivity index (χ0v) is 11.4. The average molecular weight is 408 g/mol. The Labute approximate surface area is 104 Å². The van der Waals surface area contributed by atoms with Crippen LogP contribution in [0.25, 0.3) is 0 Å². The van der Waals surface area contributed by atoms with Gasteiger partial charge in [-0.05, 0) is 0 Å². The molecule has 101 valence electrons. The van der Waals surface area contributed by atoms with Crippen LogP contribution in [0.4, 0.5) is 0 Å². The van der Waals surface area contributed by atoms with Gasteiger partial charge < -0.3 is 0 Å². The van der Waals surface area contributed by atoms with Crippen molar-refractivity contribution in [1.82, 2.24) is 0 Å². The molecule has 0 aromatic heterocycles. The Morgan fingerprint density at radius 3 is 0.438 bits per heavy atom. The van der Waals surface area contributed by atoms with Gasteiger partial charge in [0.1, 0.15) is 0 Å². The molecule has 0 atom stereocenters. The molecule has 0 aliphatic rings. The topological polar surface area (TPSA) is 223 Å². The SMILES string of the molecule is [O]=[Mn](=[O])(=[O])[O-].[O]=[Mn](=[O])(=[O])[O-].[O]=[Mn](=[O])(=[O])[O-].[V]. The van der Waals surface area contributed by atoms with Gasteiger partial charge in [-0.15, -0.1) is 0 Å². The van der Waals surface area contributed by atoms with E-state index in [4.69, 9.17) is 47.1 Å². The average Bonchev–Trinajstić information content (AvgIpc) is 1.41. The van der Waals surface area contributed by atoms with Crippen molar-refractivity contribution in [1.29, 1.82) is 0 Å². The summed E-state index contributed by atoms with van der Waals surface area (Å²) in [7, 11) is 0. The van der Waals surface area contributed by atoms with Crippen LogP contribution in [-0.2, 0) is 92.0 Å². The van der Waals surface area contributed by atoms with Crippen LogP contribution in [0, 0.1) is 0 Å². The van der Waals surface area contributed by atoms with E-state index in [1.165, 1.54) is 0 Å². The molecule has 0 spiro atoms. The van der Waals surface area contributed by atoms with Crippen molar-refractivity contribution in [2.75, 3.05) is 0 Å². The Hall–Kier alpha value is 0.223. The second-order valence-electron chi connectivity index (χ2n) is 1.13. The van der Waals surface area contributed by atoms with Gasteiger partial charge in [-0.2, -0.15) is 0 Å². The molecule has 0 bridgehead atoms. The van der Waals surface area contributed by atoms with Crippen molar-refractivity contribution >= 4 is 0 Å². The van der Waals surface area contributed by atoms with Crippen LogP contribution in [-0.4, -0.2) is 0 Å². The van der Waals surface area contributed by atoms with Crippen LogP contribution in [0.15, 0.2) is 0 Å². The van der Waals surface area contributed by atoms with Crippen LogP contribution in [0.3, 0.4) is 0 Å². The van der Waals surface area contributed by atoms with Crippen molar-refractivity contribution in [2.45, 2.75) is 0 Å². The summed E-state index contributed by atoms with van der Waals surface area (Å²) in [6.07, 6.45) is 0. The van der Waals surface area contributed by atoms with Gasteiger partial charge in [0.2, 0.25) is 0 Å². The van der Waals surface area contributed by atoms with E-state index in [9.17, 15) is 0 Å². The van der Waals surface area contributed by atoms with Crippen LogP contribution in [0.1, 0.15) is 0 Å². The molecule has 16 heteroatoms. The predicted molar refractivity (Wildman–Crippen MR) is 6.18 cm³/mol. The van der Waals surface area contributed by atoms with E-state index in [-0.39, 0.29) is 18.6 Å². The van der Waals surface area contributed by atoms with Crippen molar-refractivity contribution < 1.29 is 105 Å². The summed E-state index contributed by atoms with van der Waals surface area (Å²) in [5, 5.41) is 0. The molecule has 0 N–H and O–H groups in total. The van der Waals surface area contributed by atoms with Crippen LogP contribution < -0.4 is 12.6 Å². The van der Waals surface area contributed by atoms with E-state index in [1.807, 2.05) is 0 Å². The Bertz CT molecular complexity index is 480. The second kappa shape index (κ2) is 9.27. The first-order chi connectivity index (χ1) is 6.00. The van der Waals surface area contributed by atoms with Crippen molar-refractivity contribution in [3.8, 4) is 0 Å². The second-order valence-corrected chi connectivity index (χ2v) is 4.68. The molecule has 0 amide bonds. The number of hydrogen-bond acceptors (Lipinski definition) is 12. The molecular weight excluding hydrogens is 408 g/mol. The van der Waals surface area contributed by atoms with Crippen LogP contribution in [0.5, 0.6) is 0 Å². The Kier molecular flexibility index (Phi) is 14.6. The molecule has 0 saturated carbocycles. The third kappa shape index (κ3) is 50100. The molecule has 0 unspecified atom stereocenters. The molecular formula is Mn3O12V-3. The normalized spacial score (nSPS) is 10.7. The molecule has 12 nitrogen and oxygen atoms in total. The summed E-state index contributed by atoms with van der Waals surface area (Å²) in [4.78, 5) is 0. The molecule has 0 aromatic carbocycles. The Balaban J connectivity index is -0.0000000655. The summed E-state index contributed by atoms with van der Waals surface area (Å²) in [6, 6.07) is 0. The zero-order valence-electron chi connectivity index (χ0n) is 6.48. The van der Waals surface area contributed by atoms with E-state index in [1.54, 1.807) is 0 Å². The number of rotatable bonds is 0. The van der Waals surface area contributed by atoms with Gasteiger partial charge in [0, 0.05) is 18.6 Å². The molecule has 0 fully saturated rings. The third-order valence-corrected chi connectivity index (χ3v) is 0. The monoisotopic (exact) mass is 408 g/mol. The van der Waals surface area contributed by atoms with Crippen molar-refractivity contribution in [2.24, 2.45) is 0 Å². The van der Waals surface area contributed by atoms with E-state index in [0.717, 1.165) is 0 Å². The largest absolute Gasteiger partial charge is 0 e. The standard InChI is InChI=1S/3Mn.12O.V/q;;;;;;;;;;;;3*-1;. The maximum atomic E-state index is 8.58. The summed E-state index contributed by atoms with van der Waals surface area (Å²) >= 11 is -16.9. The summed E-state index contributed by atoms with van der Waals surface area (Å²) in [6.45, 7) is 0. The maximum absolute atomic E-state index is 8.58. The summed E-state index contributed by atoms with van der Waals surface area (Å²) < 4.78 is 103. The van der Waals surface area contributed by atoms with E-state index >= 15 is 0 Å². The quantitative estimate of drug-likeness (QED) is 0.345. The van der Waals surface area contributed by atoms with Gasteiger partial charge in [0.15, 0.2) is 0 Å². The Morgan fingerprint density at radius 2 is 0.438 bits per heavy atom. The fourth-order valence-corrected chi connectivity index (χ4v) is 0. The van der Waals surface area contributed by atoms with Crippen LogP contribution >= 0.6 is 0 Å². The fourth-order valence-electron chi connectivity index (χ4n) is 0. The molecule has 0 aliphatic heterocycles. The zero-order chi connectivity index (χ0) is 13.5. The molecule has 0 rings (SSSR count). The van der Waals surface area contributed by atoms with Gasteiger partial charge in [-0.1, -0.05) is 0 Å². The molecule has 1 radical (unpaired) electrons. The van der Waals surface area contributed by atoms with Crippen LogP contribution in [0.2, 0.25) is 0 Å². The predicted octanol–water partition coefficient (Wildman–Crippen LogP) is -4.65. The smallest absolute Gasteiger partial charge is 0 e. The number of hydrogen-bond donors (Lipinski definition) is 0. The molecule has 0 heterocycles. The molecule has 0 aromatic rings. The third-order valence-electron chi connectivity index (χ3n) is 0. The fraction of sp³-hybridized carbons (Fsp3) is 0. The maximum Gasteiger partial charge on any atom is 0 e. The minimum Gasteiger partial charge on any atom is 0 e. The van der Waals surface area contributed by atoms with E-state index in [2.05, 4.69) is 0 Å². The molecule has 16 heavy (non-hydrogen) atoms. The Morgan fingerprint density at radius 1 is 0.438 bits per heavy atom. The van der Waals surface area contributed by atoms with Gasteiger partial charge in [0.05, 0.1) is 0 Å². The van der Waals surface area contributed by atoms with E-state index in [0.29, 0.717) is 0 Å². The van der Waals surface area contributed by atoms with Crippen molar-refractivity contribution in [3.63, 3.8) is 0 Å². The van der Waals surface area contributed by atoms with Gasteiger partial charge in [0.25, 0.3) is 0 Å². The summed E-state index contributed by atoms with van der Waals surface area (Å²) in [5.41, 5.74) is 0. The van der Waals surface area contributed by atoms with Gasteiger partial charge >= 0.3 is 86.0 Å². The molecule has 0 aliphatic carbocycles. The van der Waals surface area contributed by atoms with Gasteiger partial charge in [-0.25, -0.2) is 0 Å². The van der Waals surface area contributed by atoms with Crippen molar-refractivity contribution in [3.05, 3.63) is 0 Å². The minimum absolute atomic E-state index is 0. The summed E-state index contributed by atoms with van der Waals surface area (Å²) in [5.74, 6) is 0. The molecule has 0 saturated heterocycles. The minimum atomic E-state index is -5.62. The first kappa shape index (κ1) is 25.2. The van der Waals surface area contributed by atoms with E-state index < -0.39 is 38.9 Å². The first-order valence-corrected chi connectivity index (χ1v) is 7.63. The van der Waals surface area contributed by atoms with Gasteiger partial charge in [-0.3, -0.25) is 0 Å².